The summed E-state index contributed by atoms with van der Waals surface area (Å²) in [6.45, 7) is 5.76. The topological polar surface area (TPSA) is 20.2 Å². The molecule has 1 heteroatoms. The van der Waals surface area contributed by atoms with Crippen LogP contribution in [0.5, 0.6) is 0 Å². The van der Waals surface area contributed by atoms with Crippen molar-refractivity contribution in [2.24, 2.45) is 5.41 Å². The van der Waals surface area contributed by atoms with Gasteiger partial charge in [-0.05, 0) is 11.6 Å². The normalized spacial score (nSPS) is 15.7. The fourth-order valence-corrected chi connectivity index (χ4v) is 1.30. The average Bonchev–Trinajstić information content (AvgIpc) is 2.26. The number of hydrogen-bond donors (Lipinski definition) is 1. The molecule has 0 heterocycles. The molecule has 1 unspecified atom stereocenters. The van der Waals surface area contributed by atoms with Gasteiger partial charge >= 0.3 is 0 Å². The van der Waals surface area contributed by atoms with Gasteiger partial charge in [0.2, 0.25) is 0 Å². The predicted molar refractivity (Wildman–Crippen MR) is 68.7 cm³/mol. The van der Waals surface area contributed by atoms with Gasteiger partial charge in [-0.2, -0.15) is 0 Å². The highest BCUT2D eigenvalue weighted by Crippen LogP contribution is 2.31. The van der Waals surface area contributed by atoms with E-state index in [0.29, 0.717) is 0 Å². The van der Waals surface area contributed by atoms with Gasteiger partial charge in [0.25, 0.3) is 0 Å². The van der Waals surface area contributed by atoms with Crippen molar-refractivity contribution in [1.29, 1.82) is 0 Å². The lowest BCUT2D eigenvalue weighted by molar-refractivity contribution is 0.0408. The Morgan fingerprint density at radius 1 is 1.19 bits per heavy atom. The number of hydrogen-bond acceptors (Lipinski definition) is 1. The standard InChI is InChI=1S/C15H18O/c1-5-15(16,14(2,3)4)12-11-13-9-7-6-8-10-13/h1,6-12,16H,2-4H3/b12-11+. The molecule has 0 aromatic heterocycles. The second-order valence-corrected chi connectivity index (χ2v) is 4.90. The third-order valence-electron chi connectivity index (χ3n) is 2.68. The summed E-state index contributed by atoms with van der Waals surface area (Å²) >= 11 is 0. The van der Waals surface area contributed by atoms with Crippen LogP contribution in [0.3, 0.4) is 0 Å². The molecule has 1 atom stereocenters. The molecule has 0 radical (unpaired) electrons. The summed E-state index contributed by atoms with van der Waals surface area (Å²) in [6, 6.07) is 9.79. The van der Waals surface area contributed by atoms with Crippen molar-refractivity contribution in [3.8, 4) is 12.3 Å². The number of terminal acetylenes is 1. The number of aliphatic hydroxyl groups is 1. The second-order valence-electron chi connectivity index (χ2n) is 4.90. The van der Waals surface area contributed by atoms with Gasteiger partial charge in [0.1, 0.15) is 5.60 Å². The van der Waals surface area contributed by atoms with Crippen LogP contribution in [0, 0.1) is 17.8 Å². The quantitative estimate of drug-likeness (QED) is 0.750. The Labute approximate surface area is 97.8 Å². The van der Waals surface area contributed by atoms with E-state index in [1.165, 1.54) is 0 Å². The lowest BCUT2D eigenvalue weighted by Gasteiger charge is -2.33. The summed E-state index contributed by atoms with van der Waals surface area (Å²) in [5, 5.41) is 10.3. The van der Waals surface area contributed by atoms with Gasteiger partial charge in [-0.1, -0.05) is 63.1 Å². The van der Waals surface area contributed by atoms with Crippen LogP contribution in [0.1, 0.15) is 26.3 Å². The van der Waals surface area contributed by atoms with Crippen LogP contribution < -0.4 is 0 Å². The zero-order valence-corrected chi connectivity index (χ0v) is 10.1. The molecule has 0 fully saturated rings. The molecule has 16 heavy (non-hydrogen) atoms. The zero-order chi connectivity index (χ0) is 12.2. The van der Waals surface area contributed by atoms with Gasteiger partial charge < -0.3 is 5.11 Å². The van der Waals surface area contributed by atoms with Gasteiger partial charge in [-0.25, -0.2) is 0 Å². The molecule has 0 aliphatic rings. The van der Waals surface area contributed by atoms with Gasteiger partial charge in [0.05, 0.1) is 0 Å². The first-order valence-electron chi connectivity index (χ1n) is 5.33. The van der Waals surface area contributed by atoms with E-state index in [-0.39, 0.29) is 5.41 Å². The number of benzene rings is 1. The molecule has 1 N–H and O–H groups in total. The highest BCUT2D eigenvalue weighted by Gasteiger charge is 2.35. The Bertz CT molecular complexity index is 403. The summed E-state index contributed by atoms with van der Waals surface area (Å²) in [6.07, 6.45) is 8.94. The Kier molecular flexibility index (Phi) is 3.57. The van der Waals surface area contributed by atoms with Crippen molar-refractivity contribution in [3.05, 3.63) is 42.0 Å². The average molecular weight is 214 g/mol. The molecule has 1 aromatic rings. The minimum atomic E-state index is -1.22. The molecule has 84 valence electrons. The monoisotopic (exact) mass is 214 g/mol. The molecule has 0 amide bonds. The molecule has 1 rings (SSSR count). The largest absolute Gasteiger partial charge is 0.373 e. The van der Waals surface area contributed by atoms with Crippen molar-refractivity contribution in [2.45, 2.75) is 26.4 Å². The molecule has 0 spiro atoms. The fourth-order valence-electron chi connectivity index (χ4n) is 1.30. The van der Waals surface area contributed by atoms with Crippen LogP contribution in [-0.2, 0) is 0 Å². The van der Waals surface area contributed by atoms with Gasteiger partial charge in [-0.15, -0.1) is 6.42 Å². The highest BCUT2D eigenvalue weighted by atomic mass is 16.3. The molecule has 1 aromatic carbocycles. The summed E-state index contributed by atoms with van der Waals surface area (Å²) in [7, 11) is 0. The second kappa shape index (κ2) is 4.55. The van der Waals surface area contributed by atoms with Gasteiger partial charge in [0, 0.05) is 5.41 Å². The van der Waals surface area contributed by atoms with Gasteiger partial charge in [0.15, 0.2) is 0 Å². The Hall–Kier alpha value is -1.52. The van der Waals surface area contributed by atoms with Crippen LogP contribution in [0.25, 0.3) is 6.08 Å². The van der Waals surface area contributed by atoms with Crippen molar-refractivity contribution >= 4 is 6.08 Å². The van der Waals surface area contributed by atoms with E-state index in [4.69, 9.17) is 6.42 Å². The summed E-state index contributed by atoms with van der Waals surface area (Å²) in [4.78, 5) is 0. The molecule has 0 aliphatic carbocycles. The minimum absolute atomic E-state index is 0.382. The molecule has 0 bridgehead atoms. The summed E-state index contributed by atoms with van der Waals surface area (Å²) < 4.78 is 0. The van der Waals surface area contributed by atoms with E-state index < -0.39 is 5.60 Å². The molecule has 0 aliphatic heterocycles. The summed E-state index contributed by atoms with van der Waals surface area (Å²) in [5.74, 6) is 2.46. The van der Waals surface area contributed by atoms with Crippen molar-refractivity contribution < 1.29 is 5.11 Å². The fraction of sp³-hybridized carbons (Fsp3) is 0.333. The van der Waals surface area contributed by atoms with Crippen LogP contribution in [0.15, 0.2) is 36.4 Å². The highest BCUT2D eigenvalue weighted by molar-refractivity contribution is 5.52. The van der Waals surface area contributed by atoms with Crippen LogP contribution in [0.2, 0.25) is 0 Å². The number of rotatable bonds is 2. The Morgan fingerprint density at radius 2 is 1.75 bits per heavy atom. The van der Waals surface area contributed by atoms with Crippen LogP contribution in [-0.4, -0.2) is 10.7 Å². The van der Waals surface area contributed by atoms with E-state index >= 15 is 0 Å². The predicted octanol–water partition coefficient (Wildman–Crippen LogP) is 3.11. The van der Waals surface area contributed by atoms with Crippen molar-refractivity contribution in [3.63, 3.8) is 0 Å². The Morgan fingerprint density at radius 3 is 2.19 bits per heavy atom. The third-order valence-corrected chi connectivity index (χ3v) is 2.68. The first-order chi connectivity index (χ1) is 7.39. The smallest absolute Gasteiger partial charge is 0.148 e. The maximum Gasteiger partial charge on any atom is 0.148 e. The SMILES string of the molecule is C#CC(O)(/C=C/c1ccccc1)C(C)(C)C. The summed E-state index contributed by atoms with van der Waals surface area (Å²) in [5.41, 5.74) is -0.573. The van der Waals surface area contributed by atoms with E-state index in [9.17, 15) is 5.11 Å². The molecule has 0 saturated heterocycles. The molecule has 0 saturated carbocycles. The van der Waals surface area contributed by atoms with Crippen molar-refractivity contribution in [2.75, 3.05) is 0 Å². The van der Waals surface area contributed by atoms with E-state index in [1.54, 1.807) is 6.08 Å². The first kappa shape index (κ1) is 12.5. The molecular weight excluding hydrogens is 196 g/mol. The minimum Gasteiger partial charge on any atom is -0.373 e. The maximum absolute atomic E-state index is 10.3. The van der Waals surface area contributed by atoms with E-state index in [0.717, 1.165) is 5.56 Å². The molecule has 1 nitrogen and oxygen atoms in total. The van der Waals surface area contributed by atoms with E-state index in [1.807, 2.05) is 57.2 Å². The molecular formula is C15H18O. The lowest BCUT2D eigenvalue weighted by atomic mass is 9.76. The Balaban J connectivity index is 2.96. The third kappa shape index (κ3) is 2.74. The maximum atomic E-state index is 10.3. The first-order valence-corrected chi connectivity index (χ1v) is 5.33. The van der Waals surface area contributed by atoms with Crippen molar-refractivity contribution in [1.82, 2.24) is 0 Å². The van der Waals surface area contributed by atoms with Crippen LogP contribution in [0.4, 0.5) is 0 Å². The van der Waals surface area contributed by atoms with Crippen LogP contribution >= 0.6 is 0 Å². The zero-order valence-electron chi connectivity index (χ0n) is 10.1. The van der Waals surface area contributed by atoms with Gasteiger partial charge in [-0.3, -0.25) is 0 Å². The van der Waals surface area contributed by atoms with E-state index in [2.05, 4.69) is 5.92 Å². The lowest BCUT2D eigenvalue weighted by Crippen LogP contribution is -2.39.